The van der Waals surface area contributed by atoms with Crippen LogP contribution in [0.2, 0.25) is 0 Å². The zero-order chi connectivity index (χ0) is 19.6. The molecule has 1 rings (SSSR count). The molecule has 15 heteroatoms. The number of halogens is 6. The Kier molecular flexibility index (Phi) is 6.97. The van der Waals surface area contributed by atoms with Crippen LogP contribution in [-0.2, 0) is 20.0 Å². The molecule has 1 heterocycles. The van der Waals surface area contributed by atoms with Gasteiger partial charge < -0.3 is 13.9 Å². The maximum Gasteiger partial charge on any atom is 0.480 e. The first kappa shape index (κ1) is 22.8. The van der Waals surface area contributed by atoms with Crippen molar-refractivity contribution >= 4 is 20.0 Å². The SMILES string of the molecule is CCN1C=CN(C)C1C.O=S(=O)([N-]S(=O)(=O)C(F)(F)F)C(F)(F)F. The lowest BCUT2D eigenvalue weighted by Gasteiger charge is -2.25. The third kappa shape index (κ3) is 5.70. The van der Waals surface area contributed by atoms with Crippen molar-refractivity contribution in [1.29, 1.82) is 0 Å². The van der Waals surface area contributed by atoms with Crippen LogP contribution in [0.4, 0.5) is 26.3 Å². The molecule has 0 N–H and O–H groups in total. The summed E-state index contributed by atoms with van der Waals surface area (Å²) in [6.07, 6.45) is 4.79. The zero-order valence-electron chi connectivity index (χ0n) is 12.5. The van der Waals surface area contributed by atoms with Gasteiger partial charge >= 0.3 is 11.0 Å². The molecular formula is C9H14F6N3O4S2-. The minimum absolute atomic E-state index is 0.551. The number of sulfonamides is 2. The highest BCUT2D eigenvalue weighted by atomic mass is 32.3. The molecule has 1 aliphatic rings. The van der Waals surface area contributed by atoms with Gasteiger partial charge in [-0.1, -0.05) is 0 Å². The van der Waals surface area contributed by atoms with Crippen LogP contribution in [-0.4, -0.2) is 57.4 Å². The molecule has 0 saturated carbocycles. The van der Waals surface area contributed by atoms with E-state index in [0.29, 0.717) is 6.17 Å². The van der Waals surface area contributed by atoms with E-state index in [1.807, 2.05) is 0 Å². The van der Waals surface area contributed by atoms with Gasteiger partial charge in [0.2, 0.25) is 0 Å². The summed E-state index contributed by atoms with van der Waals surface area (Å²) in [5.74, 6) is 0. The Labute approximate surface area is 135 Å². The monoisotopic (exact) mass is 406 g/mol. The molecule has 24 heavy (non-hydrogen) atoms. The van der Waals surface area contributed by atoms with Gasteiger partial charge in [-0.05, 0) is 13.8 Å². The molecule has 0 aliphatic carbocycles. The first-order chi connectivity index (χ1) is 10.5. The molecule has 0 saturated heterocycles. The van der Waals surface area contributed by atoms with Crippen molar-refractivity contribution < 1.29 is 43.2 Å². The Bertz CT molecular complexity index is 614. The van der Waals surface area contributed by atoms with Crippen LogP contribution < -0.4 is 0 Å². The topological polar surface area (TPSA) is 88.9 Å². The molecule has 0 bridgehead atoms. The maximum absolute atomic E-state index is 11.4. The van der Waals surface area contributed by atoms with Crippen molar-refractivity contribution in [2.75, 3.05) is 13.6 Å². The van der Waals surface area contributed by atoms with Gasteiger partial charge in [0.1, 0.15) is 0 Å². The van der Waals surface area contributed by atoms with Crippen LogP contribution in [0.1, 0.15) is 13.8 Å². The quantitative estimate of drug-likeness (QED) is 0.668. The van der Waals surface area contributed by atoms with Crippen molar-refractivity contribution in [1.82, 2.24) is 9.80 Å². The highest BCUT2D eigenvalue weighted by Crippen LogP contribution is 2.36. The summed E-state index contributed by atoms with van der Waals surface area (Å²) in [6.45, 7) is 5.46. The van der Waals surface area contributed by atoms with Crippen LogP contribution in [0.5, 0.6) is 0 Å². The largest absolute Gasteiger partial charge is 0.480 e. The summed E-state index contributed by atoms with van der Waals surface area (Å²) in [6, 6.07) is 0. The summed E-state index contributed by atoms with van der Waals surface area (Å²) in [4.78, 5) is 4.49. The molecule has 1 unspecified atom stereocenters. The van der Waals surface area contributed by atoms with Crippen LogP contribution in [0.3, 0.4) is 0 Å². The average Bonchev–Trinajstić information content (AvgIpc) is 2.66. The van der Waals surface area contributed by atoms with E-state index in [-0.39, 0.29) is 0 Å². The first-order valence-electron chi connectivity index (χ1n) is 5.99. The number of hydrogen-bond donors (Lipinski definition) is 0. The molecule has 0 aromatic rings. The number of rotatable bonds is 3. The summed E-state index contributed by atoms with van der Waals surface area (Å²) >= 11 is 0. The van der Waals surface area contributed by atoms with E-state index in [9.17, 15) is 43.2 Å². The van der Waals surface area contributed by atoms with Gasteiger partial charge in [0.15, 0.2) is 20.0 Å². The predicted octanol–water partition coefficient (Wildman–Crippen LogP) is 2.13. The lowest BCUT2D eigenvalue weighted by atomic mass is 10.5. The Morgan fingerprint density at radius 2 is 1.33 bits per heavy atom. The summed E-state index contributed by atoms with van der Waals surface area (Å²) in [5.41, 5.74) is -12.4. The fraction of sp³-hybridized carbons (Fsp3) is 0.778. The highest BCUT2D eigenvalue weighted by molar-refractivity contribution is 8.13. The highest BCUT2D eigenvalue weighted by Gasteiger charge is 2.46. The van der Waals surface area contributed by atoms with Crippen LogP contribution in [0.15, 0.2) is 12.4 Å². The second kappa shape index (κ2) is 7.35. The number of alkyl halides is 6. The van der Waals surface area contributed by atoms with Crippen molar-refractivity contribution in [2.45, 2.75) is 31.0 Å². The second-order valence-corrected chi connectivity index (χ2v) is 7.76. The Hall–Kier alpha value is -1.22. The second-order valence-electron chi connectivity index (χ2n) is 4.34. The smallest absolute Gasteiger partial charge is 0.421 e. The van der Waals surface area contributed by atoms with Gasteiger partial charge in [0.05, 0.1) is 6.17 Å². The zero-order valence-corrected chi connectivity index (χ0v) is 14.1. The third-order valence-corrected chi connectivity index (χ3v) is 5.45. The van der Waals surface area contributed by atoms with Crippen molar-refractivity contribution in [3.8, 4) is 0 Å². The summed E-state index contributed by atoms with van der Waals surface area (Å²) < 4.78 is 109. The normalized spacial score (nSPS) is 19.3. The first-order valence-corrected chi connectivity index (χ1v) is 8.87. The van der Waals surface area contributed by atoms with Crippen molar-refractivity contribution in [2.24, 2.45) is 0 Å². The van der Waals surface area contributed by atoms with E-state index >= 15 is 0 Å². The van der Waals surface area contributed by atoms with E-state index in [4.69, 9.17) is 0 Å². The molecule has 144 valence electrons. The number of hydrogen-bond acceptors (Lipinski definition) is 6. The molecule has 0 spiro atoms. The van der Waals surface area contributed by atoms with Crippen LogP contribution in [0.25, 0.3) is 4.13 Å². The molecule has 0 amide bonds. The molecule has 0 aromatic carbocycles. The maximum atomic E-state index is 11.4. The van der Waals surface area contributed by atoms with Crippen molar-refractivity contribution in [3.63, 3.8) is 0 Å². The molecule has 1 atom stereocenters. The van der Waals surface area contributed by atoms with E-state index in [1.165, 1.54) is 0 Å². The van der Waals surface area contributed by atoms with E-state index in [2.05, 4.69) is 43.1 Å². The summed E-state index contributed by atoms with van der Waals surface area (Å²) in [7, 11) is -11.3. The minimum atomic E-state index is -6.72. The predicted molar refractivity (Wildman–Crippen MR) is 72.1 cm³/mol. The fourth-order valence-corrected chi connectivity index (χ4v) is 2.97. The fourth-order valence-electron chi connectivity index (χ4n) is 1.26. The Morgan fingerprint density at radius 1 is 0.958 bits per heavy atom. The van der Waals surface area contributed by atoms with E-state index in [0.717, 1.165) is 10.7 Å². The lowest BCUT2D eigenvalue weighted by Crippen LogP contribution is -2.33. The molecular weight excluding hydrogens is 392 g/mol. The molecule has 1 aliphatic heterocycles. The lowest BCUT2D eigenvalue weighted by molar-refractivity contribution is -0.0444. The van der Waals surface area contributed by atoms with Gasteiger partial charge in [-0.25, -0.2) is 16.8 Å². The van der Waals surface area contributed by atoms with Gasteiger partial charge in [-0.15, -0.1) is 0 Å². The van der Waals surface area contributed by atoms with Crippen LogP contribution >= 0.6 is 0 Å². The molecule has 0 aromatic heterocycles. The Morgan fingerprint density at radius 3 is 1.50 bits per heavy atom. The molecule has 0 fully saturated rings. The van der Waals surface area contributed by atoms with Gasteiger partial charge in [-0.3, -0.25) is 0 Å². The molecule has 0 radical (unpaired) electrons. The third-order valence-electron chi connectivity index (χ3n) is 2.71. The van der Waals surface area contributed by atoms with Crippen LogP contribution in [0, 0.1) is 0 Å². The van der Waals surface area contributed by atoms with Gasteiger partial charge in [0, 0.05) is 26.0 Å². The summed E-state index contributed by atoms with van der Waals surface area (Å²) in [5, 5.41) is 0. The number of nitrogens with zero attached hydrogens (tertiary/aromatic N) is 3. The Balaban J connectivity index is 0.000000496. The van der Waals surface area contributed by atoms with E-state index < -0.39 is 31.1 Å². The standard InChI is InChI=1S/C7H14N2.C2F6NO4S2/c1-4-9-6-5-8(3)7(9)2;3-1(4,5)14(10,11)9-15(12,13)2(6,7)8/h5-7H,4H2,1-3H3;/q;-1. The van der Waals surface area contributed by atoms with Crippen molar-refractivity contribution in [3.05, 3.63) is 16.5 Å². The average molecular weight is 406 g/mol. The van der Waals surface area contributed by atoms with Gasteiger partial charge in [0.25, 0.3) is 0 Å². The van der Waals surface area contributed by atoms with E-state index in [1.54, 1.807) is 0 Å². The minimum Gasteiger partial charge on any atom is -0.421 e. The molecule has 7 nitrogen and oxygen atoms in total. The van der Waals surface area contributed by atoms with Gasteiger partial charge in [-0.2, -0.15) is 26.3 Å².